The van der Waals surface area contributed by atoms with Gasteiger partial charge in [-0.15, -0.1) is 0 Å². The van der Waals surface area contributed by atoms with E-state index in [0.717, 1.165) is 19.4 Å². The van der Waals surface area contributed by atoms with Gasteiger partial charge in [-0.05, 0) is 25.8 Å². The smallest absolute Gasteiger partial charge is 0.307 e. The fraction of sp³-hybridized carbons (Fsp3) is 0.889. The van der Waals surface area contributed by atoms with E-state index in [-0.39, 0.29) is 12.6 Å². The van der Waals surface area contributed by atoms with Crippen LogP contribution in [0.3, 0.4) is 0 Å². The van der Waals surface area contributed by atoms with E-state index >= 15 is 0 Å². The maximum atomic E-state index is 11.9. The first-order chi connectivity index (χ1) is 6.24. The molecule has 76 valence electrons. The summed E-state index contributed by atoms with van der Waals surface area (Å²) >= 11 is 0. The van der Waals surface area contributed by atoms with Crippen molar-refractivity contribution in [3.05, 3.63) is 0 Å². The Hall–Kier alpha value is -0.640. The van der Waals surface area contributed by atoms with Crippen LogP contribution in [0.1, 0.15) is 19.3 Å². The Balaban J connectivity index is 2.29. The summed E-state index contributed by atoms with van der Waals surface area (Å²) < 4.78 is 11.9. The summed E-state index contributed by atoms with van der Waals surface area (Å²) in [6.45, 7) is 1.90. The molecule has 0 aromatic rings. The molecule has 0 saturated carbocycles. The molecule has 0 bridgehead atoms. The third-order valence-electron chi connectivity index (χ3n) is 2.46. The van der Waals surface area contributed by atoms with E-state index in [9.17, 15) is 9.18 Å². The van der Waals surface area contributed by atoms with Crippen LogP contribution in [0.4, 0.5) is 4.39 Å². The van der Waals surface area contributed by atoms with Crippen molar-refractivity contribution in [3.63, 3.8) is 0 Å². The lowest BCUT2D eigenvalue weighted by Gasteiger charge is -2.30. The standard InChI is InChI=1S/C9H16FNO2/c10-4-2-6-11-5-1-3-8(7-11)9(12)13/h8H,1-7H2,(H,12,13). The number of hydrogen-bond acceptors (Lipinski definition) is 2. The number of nitrogens with zero attached hydrogens (tertiary/aromatic N) is 1. The normalized spacial score (nSPS) is 24.5. The number of hydrogen-bond donors (Lipinski definition) is 1. The molecule has 0 aliphatic carbocycles. The largest absolute Gasteiger partial charge is 0.481 e. The first-order valence-corrected chi connectivity index (χ1v) is 4.75. The Morgan fingerprint density at radius 2 is 2.38 bits per heavy atom. The maximum absolute atomic E-state index is 11.9. The highest BCUT2D eigenvalue weighted by atomic mass is 19.1. The van der Waals surface area contributed by atoms with Gasteiger partial charge in [0.05, 0.1) is 12.6 Å². The Labute approximate surface area is 77.5 Å². The van der Waals surface area contributed by atoms with Crippen LogP contribution < -0.4 is 0 Å². The van der Waals surface area contributed by atoms with E-state index in [1.54, 1.807) is 0 Å². The number of alkyl halides is 1. The molecule has 1 atom stereocenters. The summed E-state index contributed by atoms with van der Waals surface area (Å²) in [5, 5.41) is 8.78. The molecule has 3 nitrogen and oxygen atoms in total. The van der Waals surface area contributed by atoms with Gasteiger partial charge in [0.15, 0.2) is 0 Å². The second-order valence-corrected chi connectivity index (χ2v) is 3.52. The molecule has 1 saturated heterocycles. The molecule has 4 heteroatoms. The molecule has 0 aromatic carbocycles. The first kappa shape index (κ1) is 10.4. The maximum Gasteiger partial charge on any atom is 0.307 e. The monoisotopic (exact) mass is 189 g/mol. The fourth-order valence-corrected chi connectivity index (χ4v) is 1.74. The summed E-state index contributed by atoms with van der Waals surface area (Å²) in [6.07, 6.45) is 2.21. The lowest BCUT2D eigenvalue weighted by atomic mass is 9.98. The molecular formula is C9H16FNO2. The second-order valence-electron chi connectivity index (χ2n) is 3.52. The van der Waals surface area contributed by atoms with E-state index in [1.807, 2.05) is 4.90 Å². The van der Waals surface area contributed by atoms with Gasteiger partial charge in [0.2, 0.25) is 0 Å². The van der Waals surface area contributed by atoms with Gasteiger partial charge in [0.25, 0.3) is 0 Å². The molecule has 1 fully saturated rings. The Kier molecular flexibility index (Phi) is 4.15. The van der Waals surface area contributed by atoms with Crippen molar-refractivity contribution in [1.29, 1.82) is 0 Å². The van der Waals surface area contributed by atoms with Crippen LogP contribution in [0.5, 0.6) is 0 Å². The molecule has 1 N–H and O–H groups in total. The molecule has 1 rings (SSSR count). The van der Waals surface area contributed by atoms with E-state index in [4.69, 9.17) is 5.11 Å². The quantitative estimate of drug-likeness (QED) is 0.721. The van der Waals surface area contributed by atoms with E-state index in [0.29, 0.717) is 19.5 Å². The van der Waals surface area contributed by atoms with Crippen LogP contribution in [-0.4, -0.2) is 42.3 Å². The molecule has 1 heterocycles. The zero-order chi connectivity index (χ0) is 9.68. The zero-order valence-corrected chi connectivity index (χ0v) is 7.71. The predicted molar refractivity (Wildman–Crippen MR) is 47.4 cm³/mol. The number of likely N-dealkylation sites (tertiary alicyclic amines) is 1. The highest BCUT2D eigenvalue weighted by Gasteiger charge is 2.24. The van der Waals surface area contributed by atoms with Gasteiger partial charge in [-0.2, -0.15) is 0 Å². The summed E-state index contributed by atoms with van der Waals surface area (Å²) in [5.41, 5.74) is 0. The number of carboxylic acid groups (broad SMARTS) is 1. The summed E-state index contributed by atoms with van der Waals surface area (Å²) in [6, 6.07) is 0. The molecule has 0 aromatic heterocycles. The van der Waals surface area contributed by atoms with Gasteiger partial charge in [-0.25, -0.2) is 0 Å². The molecule has 0 radical (unpaired) electrons. The van der Waals surface area contributed by atoms with Gasteiger partial charge >= 0.3 is 5.97 Å². The van der Waals surface area contributed by atoms with Crippen LogP contribution >= 0.6 is 0 Å². The van der Waals surface area contributed by atoms with Crippen molar-refractivity contribution < 1.29 is 14.3 Å². The Morgan fingerprint density at radius 3 is 3.00 bits per heavy atom. The molecule has 1 unspecified atom stereocenters. The van der Waals surface area contributed by atoms with Crippen LogP contribution in [0, 0.1) is 5.92 Å². The van der Waals surface area contributed by atoms with Gasteiger partial charge in [-0.3, -0.25) is 9.18 Å². The van der Waals surface area contributed by atoms with E-state index in [1.165, 1.54) is 0 Å². The SMILES string of the molecule is O=C(O)C1CCCN(CCCF)C1. The molecule has 0 spiro atoms. The molecular weight excluding hydrogens is 173 g/mol. The molecule has 1 aliphatic rings. The third-order valence-corrected chi connectivity index (χ3v) is 2.46. The first-order valence-electron chi connectivity index (χ1n) is 4.75. The lowest BCUT2D eigenvalue weighted by Crippen LogP contribution is -2.39. The lowest BCUT2D eigenvalue weighted by molar-refractivity contribution is -0.143. The minimum atomic E-state index is -0.718. The fourth-order valence-electron chi connectivity index (χ4n) is 1.74. The van der Waals surface area contributed by atoms with Gasteiger partial charge in [0.1, 0.15) is 0 Å². The van der Waals surface area contributed by atoms with Crippen LogP contribution in [0.2, 0.25) is 0 Å². The second kappa shape index (κ2) is 5.17. The number of rotatable bonds is 4. The van der Waals surface area contributed by atoms with Gasteiger partial charge < -0.3 is 10.0 Å². The minimum Gasteiger partial charge on any atom is -0.481 e. The summed E-state index contributed by atoms with van der Waals surface area (Å²) in [5.74, 6) is -0.960. The average molecular weight is 189 g/mol. The summed E-state index contributed by atoms with van der Waals surface area (Å²) in [4.78, 5) is 12.7. The Bertz CT molecular complexity index is 175. The topological polar surface area (TPSA) is 40.5 Å². The summed E-state index contributed by atoms with van der Waals surface area (Å²) in [7, 11) is 0. The van der Waals surface area contributed by atoms with E-state index < -0.39 is 5.97 Å². The van der Waals surface area contributed by atoms with Crippen LogP contribution in [0.25, 0.3) is 0 Å². The van der Waals surface area contributed by atoms with Crippen molar-refractivity contribution in [2.75, 3.05) is 26.3 Å². The van der Waals surface area contributed by atoms with Crippen molar-refractivity contribution in [1.82, 2.24) is 4.90 Å². The van der Waals surface area contributed by atoms with Gasteiger partial charge in [-0.1, -0.05) is 0 Å². The van der Waals surface area contributed by atoms with Crippen molar-refractivity contribution >= 4 is 5.97 Å². The highest BCUT2D eigenvalue weighted by Crippen LogP contribution is 2.16. The van der Waals surface area contributed by atoms with Crippen molar-refractivity contribution in [3.8, 4) is 0 Å². The number of carbonyl (C=O) groups is 1. The third kappa shape index (κ3) is 3.30. The number of halogens is 1. The molecule has 13 heavy (non-hydrogen) atoms. The average Bonchev–Trinajstić information content (AvgIpc) is 2.15. The molecule has 0 amide bonds. The number of carboxylic acids is 1. The van der Waals surface area contributed by atoms with Crippen molar-refractivity contribution in [2.24, 2.45) is 5.92 Å². The minimum absolute atomic E-state index is 0.242. The molecule has 1 aliphatic heterocycles. The van der Waals surface area contributed by atoms with E-state index in [2.05, 4.69) is 0 Å². The Morgan fingerprint density at radius 1 is 1.62 bits per heavy atom. The number of piperidine rings is 1. The van der Waals surface area contributed by atoms with Gasteiger partial charge in [0, 0.05) is 13.1 Å². The number of aliphatic carboxylic acids is 1. The predicted octanol–water partition coefficient (Wildman–Crippen LogP) is 1.14. The van der Waals surface area contributed by atoms with Crippen molar-refractivity contribution in [2.45, 2.75) is 19.3 Å². The highest BCUT2D eigenvalue weighted by molar-refractivity contribution is 5.70. The van der Waals surface area contributed by atoms with Crippen LogP contribution in [0.15, 0.2) is 0 Å². The zero-order valence-electron chi connectivity index (χ0n) is 7.71. The van der Waals surface area contributed by atoms with Crippen LogP contribution in [-0.2, 0) is 4.79 Å².